The predicted molar refractivity (Wildman–Crippen MR) is 135 cm³/mol. The number of rotatable bonds is 8. The molecular weight excluding hydrogens is 474 g/mol. The van der Waals surface area contributed by atoms with Crippen LogP contribution in [0.5, 0.6) is 0 Å². The van der Waals surface area contributed by atoms with Gasteiger partial charge in [0.05, 0.1) is 21.8 Å². The van der Waals surface area contributed by atoms with E-state index >= 15 is 0 Å². The Morgan fingerprint density at radius 3 is 2.18 bits per heavy atom. The molecule has 0 bridgehead atoms. The van der Waals surface area contributed by atoms with E-state index in [1.807, 2.05) is 13.8 Å². The molecule has 0 spiro atoms. The van der Waals surface area contributed by atoms with E-state index in [0.29, 0.717) is 27.5 Å². The number of hydrogen-bond donors (Lipinski definition) is 2. The molecule has 1 atom stereocenters. The van der Waals surface area contributed by atoms with E-state index in [1.165, 1.54) is 43.4 Å². The van der Waals surface area contributed by atoms with Crippen LogP contribution in [-0.4, -0.2) is 33.3 Å². The van der Waals surface area contributed by atoms with Crippen LogP contribution in [-0.2, 0) is 10.0 Å². The van der Waals surface area contributed by atoms with E-state index in [-0.39, 0.29) is 16.8 Å². The molecule has 0 aliphatic rings. The summed E-state index contributed by atoms with van der Waals surface area (Å²) in [5.41, 5.74) is 1.46. The van der Waals surface area contributed by atoms with Crippen molar-refractivity contribution in [2.75, 3.05) is 16.7 Å². The summed E-state index contributed by atoms with van der Waals surface area (Å²) in [6, 6.07) is 18.8. The predicted octanol–water partition coefficient (Wildman–Crippen LogP) is 4.95. The van der Waals surface area contributed by atoms with Crippen molar-refractivity contribution in [3.05, 3.63) is 88.9 Å². The van der Waals surface area contributed by atoms with Crippen molar-refractivity contribution in [2.24, 2.45) is 0 Å². The smallest absolute Gasteiger partial charge is 0.264 e. The third kappa shape index (κ3) is 5.76. The van der Waals surface area contributed by atoms with Crippen LogP contribution in [0.2, 0.25) is 5.02 Å². The van der Waals surface area contributed by atoms with Gasteiger partial charge in [0.1, 0.15) is 0 Å². The van der Waals surface area contributed by atoms with Crippen molar-refractivity contribution in [1.29, 1.82) is 0 Å². The van der Waals surface area contributed by atoms with Gasteiger partial charge in [0.25, 0.3) is 21.8 Å². The maximum Gasteiger partial charge on any atom is 0.264 e. The van der Waals surface area contributed by atoms with Gasteiger partial charge in [0, 0.05) is 23.7 Å². The van der Waals surface area contributed by atoms with Gasteiger partial charge in [-0.25, -0.2) is 8.42 Å². The molecule has 3 aromatic carbocycles. The molecule has 34 heavy (non-hydrogen) atoms. The zero-order valence-electron chi connectivity index (χ0n) is 19.1. The minimum Gasteiger partial charge on any atom is -0.350 e. The summed E-state index contributed by atoms with van der Waals surface area (Å²) in [7, 11) is -2.35. The number of para-hydroxylation sites is 1. The van der Waals surface area contributed by atoms with Gasteiger partial charge in [-0.2, -0.15) is 0 Å². The highest BCUT2D eigenvalue weighted by Crippen LogP contribution is 2.24. The van der Waals surface area contributed by atoms with E-state index < -0.39 is 15.9 Å². The van der Waals surface area contributed by atoms with Crippen molar-refractivity contribution in [3.63, 3.8) is 0 Å². The first-order valence-corrected chi connectivity index (χ1v) is 12.5. The molecule has 3 rings (SSSR count). The first-order chi connectivity index (χ1) is 16.1. The van der Waals surface area contributed by atoms with E-state index in [9.17, 15) is 18.0 Å². The Labute approximate surface area is 204 Å². The van der Waals surface area contributed by atoms with Crippen LogP contribution in [0.4, 0.5) is 11.4 Å². The summed E-state index contributed by atoms with van der Waals surface area (Å²) < 4.78 is 26.9. The van der Waals surface area contributed by atoms with Crippen LogP contribution in [0.15, 0.2) is 77.7 Å². The number of amides is 2. The van der Waals surface area contributed by atoms with E-state index in [0.717, 1.165) is 10.7 Å². The molecule has 0 radical (unpaired) electrons. The van der Waals surface area contributed by atoms with Crippen molar-refractivity contribution in [2.45, 2.75) is 31.2 Å². The number of nitrogens with zero attached hydrogens (tertiary/aromatic N) is 1. The second-order valence-corrected chi connectivity index (χ2v) is 10.2. The van der Waals surface area contributed by atoms with Gasteiger partial charge in [0.15, 0.2) is 0 Å². The number of hydrogen-bond acceptors (Lipinski definition) is 4. The quantitative estimate of drug-likeness (QED) is 0.458. The van der Waals surface area contributed by atoms with Gasteiger partial charge in [-0.05, 0) is 74.0 Å². The average molecular weight is 500 g/mol. The summed E-state index contributed by atoms with van der Waals surface area (Å²) in [4.78, 5) is 25.5. The van der Waals surface area contributed by atoms with Crippen molar-refractivity contribution < 1.29 is 18.0 Å². The highest BCUT2D eigenvalue weighted by atomic mass is 35.5. The molecule has 2 amide bonds. The molecule has 2 N–H and O–H groups in total. The molecule has 0 saturated heterocycles. The van der Waals surface area contributed by atoms with Gasteiger partial charge in [0.2, 0.25) is 0 Å². The molecule has 0 aliphatic heterocycles. The minimum atomic E-state index is -3.79. The van der Waals surface area contributed by atoms with Crippen LogP contribution in [0.25, 0.3) is 0 Å². The molecule has 178 valence electrons. The zero-order valence-corrected chi connectivity index (χ0v) is 20.7. The standard InChI is InChI=1S/C25H26ClN3O4S/c1-4-17(2)27-25(31)22-7-5-6-8-23(22)28-24(30)18-9-13-20(14-10-18)29(3)34(32,33)21-15-11-19(26)12-16-21/h5-17H,4H2,1-3H3,(H,27,31)(H,28,30)/t17-/m1/s1. The highest BCUT2D eigenvalue weighted by molar-refractivity contribution is 7.92. The Kier molecular flexibility index (Phi) is 7.96. The third-order valence-electron chi connectivity index (χ3n) is 5.37. The molecule has 0 unspecified atom stereocenters. The fourth-order valence-electron chi connectivity index (χ4n) is 3.11. The lowest BCUT2D eigenvalue weighted by Crippen LogP contribution is -2.32. The lowest BCUT2D eigenvalue weighted by atomic mass is 10.1. The summed E-state index contributed by atoms with van der Waals surface area (Å²) in [6.07, 6.45) is 0.787. The van der Waals surface area contributed by atoms with Gasteiger partial charge in [-0.1, -0.05) is 30.7 Å². The summed E-state index contributed by atoms with van der Waals surface area (Å²) >= 11 is 5.85. The summed E-state index contributed by atoms with van der Waals surface area (Å²) in [5, 5.41) is 6.10. The van der Waals surface area contributed by atoms with E-state index in [1.54, 1.807) is 36.4 Å². The zero-order chi connectivity index (χ0) is 24.9. The Bertz CT molecular complexity index is 1280. The van der Waals surface area contributed by atoms with Gasteiger partial charge in [-0.3, -0.25) is 13.9 Å². The Hall–Kier alpha value is -3.36. The SMILES string of the molecule is CC[C@@H](C)NC(=O)c1ccccc1NC(=O)c1ccc(N(C)S(=O)(=O)c2ccc(Cl)cc2)cc1. The maximum absolute atomic E-state index is 12.9. The van der Waals surface area contributed by atoms with Crippen molar-refractivity contribution in [1.82, 2.24) is 5.32 Å². The first kappa shape index (κ1) is 25.3. The highest BCUT2D eigenvalue weighted by Gasteiger charge is 2.22. The lowest BCUT2D eigenvalue weighted by molar-refractivity contribution is 0.0940. The summed E-state index contributed by atoms with van der Waals surface area (Å²) in [5.74, 6) is -0.687. The second-order valence-electron chi connectivity index (χ2n) is 7.76. The Morgan fingerprint density at radius 2 is 1.56 bits per heavy atom. The molecule has 0 heterocycles. The number of benzene rings is 3. The Morgan fingerprint density at radius 1 is 0.941 bits per heavy atom. The maximum atomic E-state index is 12.9. The van der Waals surface area contributed by atoms with Gasteiger partial charge in [-0.15, -0.1) is 0 Å². The average Bonchev–Trinajstić information content (AvgIpc) is 2.84. The van der Waals surface area contributed by atoms with Crippen LogP contribution in [0.1, 0.15) is 41.0 Å². The minimum absolute atomic E-state index is 0.00458. The normalized spacial score (nSPS) is 12.0. The number of anilines is 2. The van der Waals surface area contributed by atoms with Crippen LogP contribution < -0.4 is 14.9 Å². The lowest BCUT2D eigenvalue weighted by Gasteiger charge is -2.20. The fraction of sp³-hybridized carbons (Fsp3) is 0.200. The molecule has 0 fully saturated rings. The van der Waals surface area contributed by atoms with Crippen LogP contribution in [0, 0.1) is 0 Å². The summed E-state index contributed by atoms with van der Waals surface area (Å²) in [6.45, 7) is 3.88. The monoisotopic (exact) mass is 499 g/mol. The largest absolute Gasteiger partial charge is 0.350 e. The second kappa shape index (κ2) is 10.7. The number of halogens is 1. The topological polar surface area (TPSA) is 95.6 Å². The number of carbonyl (C=O) groups excluding carboxylic acids is 2. The van der Waals surface area contributed by atoms with Crippen molar-refractivity contribution >= 4 is 44.8 Å². The Balaban J connectivity index is 1.76. The number of nitrogens with one attached hydrogen (secondary N) is 2. The van der Waals surface area contributed by atoms with Gasteiger partial charge < -0.3 is 10.6 Å². The molecule has 3 aromatic rings. The van der Waals surface area contributed by atoms with E-state index in [2.05, 4.69) is 10.6 Å². The molecule has 7 nitrogen and oxygen atoms in total. The molecule has 0 aliphatic carbocycles. The number of sulfonamides is 1. The van der Waals surface area contributed by atoms with Crippen LogP contribution in [0.3, 0.4) is 0 Å². The molecule has 9 heteroatoms. The molecular formula is C25H26ClN3O4S. The van der Waals surface area contributed by atoms with Gasteiger partial charge >= 0.3 is 0 Å². The fourth-order valence-corrected chi connectivity index (χ4v) is 4.44. The van der Waals surface area contributed by atoms with Crippen LogP contribution >= 0.6 is 11.6 Å². The molecule has 0 saturated carbocycles. The number of carbonyl (C=O) groups is 2. The molecule has 0 aromatic heterocycles. The van der Waals surface area contributed by atoms with Crippen molar-refractivity contribution in [3.8, 4) is 0 Å². The third-order valence-corrected chi connectivity index (χ3v) is 7.43. The van der Waals surface area contributed by atoms with E-state index in [4.69, 9.17) is 11.6 Å². The first-order valence-electron chi connectivity index (χ1n) is 10.7.